The maximum atomic E-state index is 12.0. The summed E-state index contributed by atoms with van der Waals surface area (Å²) in [4.78, 5) is 11.8. The van der Waals surface area contributed by atoms with E-state index in [-0.39, 0.29) is 41.5 Å². The molecule has 0 spiro atoms. The standard InChI is InChI=1S/C31H52O10/c1-14(5-8-24(36)40-4)17-6-7-18-25-19(12-23(35)31(17,18)3)30(2)15(10-21(25)34)9-16(33)11-20(30)29-28(39)27(38)26(37)22(13-32)41-29/h14-23,25-29,32-35,37-39H,5-13H2,1-4H3/t14-,15+,16+,17-,18+,19+,20?,21-,22-,23+,25+,26-,27+,28-,29?,30+,31-/m1/s1. The van der Waals surface area contributed by atoms with Crippen molar-refractivity contribution in [1.29, 1.82) is 0 Å². The number of rotatable bonds is 6. The number of aliphatic hydroxyl groups is 7. The number of carbonyl (C=O) groups is 1. The fraction of sp³-hybridized carbons (Fsp3) is 0.968. The Kier molecular flexibility index (Phi) is 8.92. The Labute approximate surface area is 243 Å². The van der Waals surface area contributed by atoms with Crippen LogP contribution < -0.4 is 0 Å². The normalized spacial score (nSPS) is 54.0. The molecular formula is C31H52O10. The van der Waals surface area contributed by atoms with Gasteiger partial charge >= 0.3 is 5.97 Å². The highest BCUT2D eigenvalue weighted by Gasteiger charge is 2.68. The zero-order chi connectivity index (χ0) is 30.0. The third-order valence-corrected chi connectivity index (χ3v) is 13.1. The third-order valence-electron chi connectivity index (χ3n) is 13.1. The highest BCUT2D eigenvalue weighted by Crippen LogP contribution is 2.70. The van der Waals surface area contributed by atoms with Gasteiger partial charge in [-0.25, -0.2) is 0 Å². The molecule has 0 aromatic carbocycles. The van der Waals surface area contributed by atoms with E-state index in [0.717, 1.165) is 12.8 Å². The first kappa shape index (κ1) is 31.6. The fourth-order valence-electron chi connectivity index (χ4n) is 10.9. The summed E-state index contributed by atoms with van der Waals surface area (Å²) in [5, 5.41) is 76.7. The molecule has 0 aromatic heterocycles. The van der Waals surface area contributed by atoms with Crippen LogP contribution in [-0.4, -0.2) is 104 Å². The molecule has 1 aliphatic heterocycles. The van der Waals surface area contributed by atoms with Crippen LogP contribution in [0, 0.1) is 52.3 Å². The average molecular weight is 585 g/mol. The van der Waals surface area contributed by atoms with Crippen LogP contribution in [0.15, 0.2) is 0 Å². The number of fused-ring (bicyclic) bond motifs is 5. The summed E-state index contributed by atoms with van der Waals surface area (Å²) in [6, 6.07) is 0. The van der Waals surface area contributed by atoms with Crippen LogP contribution in [0.3, 0.4) is 0 Å². The third kappa shape index (κ3) is 4.89. The summed E-state index contributed by atoms with van der Waals surface area (Å²) in [7, 11) is 1.39. The minimum absolute atomic E-state index is 0.0666. The van der Waals surface area contributed by atoms with Crippen LogP contribution in [0.5, 0.6) is 0 Å². The SMILES string of the molecule is COC(=O)CC[C@@H](C)[C@H]1CC[C@H]2[C@@H]3[C@H](O)C[C@@H]4C[C@H](O)CC(C5O[C@H](CO)[C@@H](O)[C@H](O)[C@H]5O)[C@]4(C)[C@H]3C[C@H](O)[C@]12C. The van der Waals surface area contributed by atoms with Crippen LogP contribution in [-0.2, 0) is 14.3 Å². The molecule has 17 atom stereocenters. The van der Waals surface area contributed by atoms with Gasteiger partial charge in [0.15, 0.2) is 0 Å². The second kappa shape index (κ2) is 11.6. The number of methoxy groups -OCH3 is 1. The summed E-state index contributed by atoms with van der Waals surface area (Å²) in [5.74, 6) is -0.490. The van der Waals surface area contributed by atoms with Gasteiger partial charge < -0.3 is 45.2 Å². The van der Waals surface area contributed by atoms with Gasteiger partial charge in [0.05, 0.1) is 38.1 Å². The van der Waals surface area contributed by atoms with Crippen molar-refractivity contribution in [3.63, 3.8) is 0 Å². The van der Waals surface area contributed by atoms with Crippen LogP contribution in [0.1, 0.15) is 72.1 Å². The maximum Gasteiger partial charge on any atom is 0.305 e. The second-order valence-corrected chi connectivity index (χ2v) is 14.6. The first-order valence-electron chi connectivity index (χ1n) is 15.7. The Hall–Kier alpha value is -0.850. The lowest BCUT2D eigenvalue weighted by Crippen LogP contribution is -2.68. The monoisotopic (exact) mass is 584 g/mol. The van der Waals surface area contributed by atoms with Crippen molar-refractivity contribution >= 4 is 5.97 Å². The molecule has 41 heavy (non-hydrogen) atoms. The summed E-state index contributed by atoms with van der Waals surface area (Å²) in [5.41, 5.74) is -0.957. The Morgan fingerprint density at radius 1 is 0.902 bits per heavy atom. The highest BCUT2D eigenvalue weighted by atomic mass is 16.5. The van der Waals surface area contributed by atoms with Crippen molar-refractivity contribution in [3.05, 3.63) is 0 Å². The minimum Gasteiger partial charge on any atom is -0.469 e. The molecule has 4 saturated carbocycles. The van der Waals surface area contributed by atoms with Crippen molar-refractivity contribution in [2.24, 2.45) is 52.3 Å². The number of hydrogen-bond donors (Lipinski definition) is 7. The Morgan fingerprint density at radius 2 is 1.61 bits per heavy atom. The summed E-state index contributed by atoms with van der Waals surface area (Å²) in [6.07, 6.45) is -3.67. The fourth-order valence-corrected chi connectivity index (χ4v) is 10.9. The number of ether oxygens (including phenoxy) is 2. The predicted octanol–water partition coefficient (Wildman–Crippen LogP) is 0.606. The van der Waals surface area contributed by atoms with Gasteiger partial charge in [0.25, 0.3) is 0 Å². The molecule has 0 aromatic rings. The van der Waals surface area contributed by atoms with Crippen molar-refractivity contribution < 1.29 is 50.0 Å². The van der Waals surface area contributed by atoms with Gasteiger partial charge in [-0.3, -0.25) is 4.79 Å². The molecule has 4 aliphatic carbocycles. The van der Waals surface area contributed by atoms with E-state index in [4.69, 9.17) is 9.47 Å². The lowest BCUT2D eigenvalue weighted by molar-refractivity contribution is -0.283. The van der Waals surface area contributed by atoms with Crippen molar-refractivity contribution in [2.75, 3.05) is 13.7 Å². The maximum absolute atomic E-state index is 12.0. The molecule has 1 heterocycles. The first-order chi connectivity index (χ1) is 19.3. The highest BCUT2D eigenvalue weighted by molar-refractivity contribution is 5.69. The average Bonchev–Trinajstić information content (AvgIpc) is 3.30. The van der Waals surface area contributed by atoms with Crippen molar-refractivity contribution in [2.45, 2.75) is 121 Å². The molecule has 5 fully saturated rings. The van der Waals surface area contributed by atoms with Gasteiger partial charge in [0.1, 0.15) is 24.4 Å². The zero-order valence-electron chi connectivity index (χ0n) is 24.9. The molecule has 10 heteroatoms. The van der Waals surface area contributed by atoms with E-state index in [1.165, 1.54) is 7.11 Å². The minimum atomic E-state index is -1.50. The Morgan fingerprint density at radius 3 is 2.27 bits per heavy atom. The van der Waals surface area contributed by atoms with Gasteiger partial charge in [0.2, 0.25) is 0 Å². The van der Waals surface area contributed by atoms with E-state index in [2.05, 4.69) is 20.8 Å². The Balaban J connectivity index is 1.47. The van der Waals surface area contributed by atoms with E-state index in [1.54, 1.807) is 0 Å². The van der Waals surface area contributed by atoms with Gasteiger partial charge in [-0.1, -0.05) is 20.8 Å². The molecule has 236 valence electrons. The van der Waals surface area contributed by atoms with Crippen LogP contribution in [0.4, 0.5) is 0 Å². The van der Waals surface area contributed by atoms with E-state index in [1.807, 2.05) is 0 Å². The number of hydrogen-bond acceptors (Lipinski definition) is 10. The molecule has 10 nitrogen and oxygen atoms in total. The van der Waals surface area contributed by atoms with Crippen LogP contribution in [0.2, 0.25) is 0 Å². The second-order valence-electron chi connectivity index (χ2n) is 14.6. The molecule has 0 radical (unpaired) electrons. The van der Waals surface area contributed by atoms with E-state index < -0.39 is 72.2 Å². The van der Waals surface area contributed by atoms with E-state index >= 15 is 0 Å². The smallest absolute Gasteiger partial charge is 0.305 e. The largest absolute Gasteiger partial charge is 0.469 e. The molecule has 0 amide bonds. The van der Waals surface area contributed by atoms with Crippen LogP contribution >= 0.6 is 0 Å². The zero-order valence-corrected chi connectivity index (χ0v) is 24.9. The lowest BCUT2D eigenvalue weighted by atomic mass is 9.40. The van der Waals surface area contributed by atoms with Gasteiger partial charge in [0, 0.05) is 6.42 Å². The van der Waals surface area contributed by atoms with Gasteiger partial charge in [-0.2, -0.15) is 0 Å². The lowest BCUT2D eigenvalue weighted by Gasteiger charge is -2.66. The van der Waals surface area contributed by atoms with Gasteiger partial charge in [-0.05, 0) is 97.2 Å². The Bertz CT molecular complexity index is 946. The summed E-state index contributed by atoms with van der Waals surface area (Å²) in [6.45, 7) is 5.92. The quantitative estimate of drug-likeness (QED) is 0.219. The number of carbonyl (C=O) groups excluding carboxylic acids is 1. The topological polar surface area (TPSA) is 177 Å². The molecule has 0 bridgehead atoms. The van der Waals surface area contributed by atoms with Gasteiger partial charge in [-0.15, -0.1) is 0 Å². The van der Waals surface area contributed by atoms with Crippen molar-refractivity contribution in [3.8, 4) is 0 Å². The number of aliphatic hydroxyl groups excluding tert-OH is 7. The molecular weight excluding hydrogens is 532 g/mol. The molecule has 2 unspecified atom stereocenters. The predicted molar refractivity (Wildman–Crippen MR) is 147 cm³/mol. The van der Waals surface area contributed by atoms with E-state index in [9.17, 15) is 40.5 Å². The van der Waals surface area contributed by atoms with Crippen molar-refractivity contribution in [1.82, 2.24) is 0 Å². The molecule has 7 N–H and O–H groups in total. The summed E-state index contributed by atoms with van der Waals surface area (Å²) < 4.78 is 10.9. The summed E-state index contributed by atoms with van der Waals surface area (Å²) >= 11 is 0. The van der Waals surface area contributed by atoms with Crippen LogP contribution in [0.25, 0.3) is 0 Å². The van der Waals surface area contributed by atoms with E-state index in [0.29, 0.717) is 38.5 Å². The molecule has 5 rings (SSSR count). The molecule has 5 aliphatic rings. The molecule has 1 saturated heterocycles. The number of esters is 1. The first-order valence-corrected chi connectivity index (χ1v) is 15.7.